The molecule has 1 aliphatic rings. The van der Waals surface area contributed by atoms with Gasteiger partial charge in [-0.2, -0.15) is 0 Å². The summed E-state index contributed by atoms with van der Waals surface area (Å²) in [7, 11) is 3.44. The number of hydrogen-bond acceptors (Lipinski definition) is 4. The smallest absolute Gasteiger partial charge is 0.237 e. The summed E-state index contributed by atoms with van der Waals surface area (Å²) in [5.74, 6) is 0.694. The second-order valence-electron chi connectivity index (χ2n) is 7.38. The van der Waals surface area contributed by atoms with Crippen LogP contribution in [0.15, 0.2) is 54.6 Å². The lowest BCUT2D eigenvalue weighted by Crippen LogP contribution is -2.56. The zero-order chi connectivity index (χ0) is 20.6. The minimum absolute atomic E-state index is 0.0152. The molecule has 2 aromatic rings. The maximum atomic E-state index is 12.8. The van der Waals surface area contributed by atoms with E-state index in [2.05, 4.69) is 22.3 Å². The van der Waals surface area contributed by atoms with Crippen LogP contribution in [-0.4, -0.2) is 61.4 Å². The maximum absolute atomic E-state index is 12.8. The van der Waals surface area contributed by atoms with Gasteiger partial charge in [0.05, 0.1) is 19.6 Å². The summed E-state index contributed by atoms with van der Waals surface area (Å²) in [5.41, 5.74) is 2.26. The van der Waals surface area contributed by atoms with E-state index in [1.54, 1.807) is 19.1 Å². The summed E-state index contributed by atoms with van der Waals surface area (Å²) in [5, 5.41) is 2.90. The van der Waals surface area contributed by atoms with Crippen molar-refractivity contribution in [1.29, 1.82) is 0 Å². The molecule has 3 rings (SSSR count). The number of ether oxygens (including phenoxy) is 1. The Kier molecular flexibility index (Phi) is 7.25. The average Bonchev–Trinajstić information content (AvgIpc) is 2.75. The van der Waals surface area contributed by atoms with E-state index in [1.807, 2.05) is 42.5 Å². The first-order chi connectivity index (χ1) is 14.1. The van der Waals surface area contributed by atoms with Gasteiger partial charge in [-0.3, -0.25) is 14.5 Å². The third-order valence-corrected chi connectivity index (χ3v) is 5.33. The van der Waals surface area contributed by atoms with Crippen molar-refractivity contribution in [2.45, 2.75) is 25.4 Å². The Morgan fingerprint density at radius 1 is 1.17 bits per heavy atom. The first kappa shape index (κ1) is 20.9. The molecule has 1 N–H and O–H groups in total. The van der Waals surface area contributed by atoms with Crippen molar-refractivity contribution in [2.24, 2.45) is 0 Å². The lowest BCUT2D eigenvalue weighted by molar-refractivity contribution is -0.138. The Morgan fingerprint density at radius 3 is 2.69 bits per heavy atom. The van der Waals surface area contributed by atoms with Crippen molar-refractivity contribution < 1.29 is 14.3 Å². The van der Waals surface area contributed by atoms with Gasteiger partial charge in [-0.05, 0) is 29.7 Å². The fraction of sp³-hybridized carbons (Fsp3) is 0.391. The normalized spacial score (nSPS) is 16.9. The van der Waals surface area contributed by atoms with Gasteiger partial charge in [-0.1, -0.05) is 42.5 Å². The number of nitrogens with zero attached hydrogens (tertiary/aromatic N) is 2. The van der Waals surface area contributed by atoms with Crippen LogP contribution in [0.4, 0.5) is 0 Å². The summed E-state index contributed by atoms with van der Waals surface area (Å²) in [6.07, 6.45) is 0.981. The van der Waals surface area contributed by atoms with Crippen molar-refractivity contribution in [3.63, 3.8) is 0 Å². The van der Waals surface area contributed by atoms with Gasteiger partial charge in [0, 0.05) is 33.2 Å². The van der Waals surface area contributed by atoms with Crippen molar-refractivity contribution >= 4 is 11.8 Å². The van der Waals surface area contributed by atoms with E-state index in [1.165, 1.54) is 5.56 Å². The van der Waals surface area contributed by atoms with Crippen LogP contribution in [0.1, 0.15) is 17.5 Å². The molecular formula is C23H29N3O3. The highest BCUT2D eigenvalue weighted by Gasteiger charge is 2.32. The minimum Gasteiger partial charge on any atom is -0.497 e. The molecule has 0 spiro atoms. The third kappa shape index (κ3) is 5.81. The number of likely N-dealkylation sites (N-methyl/N-ethyl adjacent to an activating group) is 1. The molecule has 1 atom stereocenters. The Balaban J connectivity index is 1.60. The molecule has 0 aliphatic carbocycles. The standard InChI is InChI=1S/C23H29N3O3/c1-25(13-11-18-7-4-3-5-8-18)22(27)16-21-23(28)24-12-14-26(21)17-19-9-6-10-20(15-19)29-2/h3-10,15,21H,11-14,16-17H2,1-2H3,(H,24,28). The summed E-state index contributed by atoms with van der Waals surface area (Å²) < 4.78 is 5.29. The number of benzene rings is 2. The lowest BCUT2D eigenvalue weighted by atomic mass is 10.1. The topological polar surface area (TPSA) is 61.9 Å². The van der Waals surface area contributed by atoms with Gasteiger partial charge < -0.3 is 15.0 Å². The van der Waals surface area contributed by atoms with E-state index in [0.29, 0.717) is 26.2 Å². The predicted molar refractivity (Wildman–Crippen MR) is 113 cm³/mol. The molecule has 29 heavy (non-hydrogen) atoms. The molecule has 2 amide bonds. The third-order valence-electron chi connectivity index (χ3n) is 5.33. The molecule has 1 aliphatic heterocycles. The second-order valence-corrected chi connectivity index (χ2v) is 7.38. The maximum Gasteiger partial charge on any atom is 0.237 e. The number of carbonyl (C=O) groups is 2. The Bertz CT molecular complexity index is 825. The number of carbonyl (C=O) groups excluding carboxylic acids is 2. The molecule has 1 saturated heterocycles. The molecule has 1 fully saturated rings. The molecule has 0 saturated carbocycles. The summed E-state index contributed by atoms with van der Waals surface area (Å²) in [6, 6.07) is 17.5. The number of rotatable bonds is 8. The summed E-state index contributed by atoms with van der Waals surface area (Å²) >= 11 is 0. The minimum atomic E-state index is -0.457. The van der Waals surface area contributed by atoms with Crippen molar-refractivity contribution in [3.8, 4) is 5.75 Å². The fourth-order valence-corrected chi connectivity index (χ4v) is 3.57. The van der Waals surface area contributed by atoms with Gasteiger partial charge in [0.15, 0.2) is 0 Å². The van der Waals surface area contributed by atoms with Gasteiger partial charge in [-0.15, -0.1) is 0 Å². The van der Waals surface area contributed by atoms with Crippen LogP contribution >= 0.6 is 0 Å². The van der Waals surface area contributed by atoms with Crippen molar-refractivity contribution in [3.05, 3.63) is 65.7 Å². The average molecular weight is 396 g/mol. The molecule has 1 heterocycles. The molecule has 6 nitrogen and oxygen atoms in total. The number of hydrogen-bond donors (Lipinski definition) is 1. The monoisotopic (exact) mass is 395 g/mol. The zero-order valence-electron chi connectivity index (χ0n) is 17.1. The van der Waals surface area contributed by atoms with E-state index in [9.17, 15) is 9.59 Å². The van der Waals surface area contributed by atoms with Crippen molar-refractivity contribution in [1.82, 2.24) is 15.1 Å². The summed E-state index contributed by atoms with van der Waals surface area (Å²) in [6.45, 7) is 2.55. The number of amides is 2. The van der Waals surface area contributed by atoms with Crippen LogP contribution < -0.4 is 10.1 Å². The molecular weight excluding hydrogens is 366 g/mol. The molecule has 2 aromatic carbocycles. The molecule has 1 unspecified atom stereocenters. The van der Waals surface area contributed by atoms with Crippen LogP contribution in [0.2, 0.25) is 0 Å². The van der Waals surface area contributed by atoms with E-state index in [0.717, 1.165) is 17.7 Å². The van der Waals surface area contributed by atoms with Crippen LogP contribution in [-0.2, 0) is 22.6 Å². The Hall–Kier alpha value is -2.86. The Morgan fingerprint density at radius 2 is 1.93 bits per heavy atom. The molecule has 0 aromatic heterocycles. The fourth-order valence-electron chi connectivity index (χ4n) is 3.57. The number of nitrogens with one attached hydrogen (secondary N) is 1. The van der Waals surface area contributed by atoms with E-state index in [-0.39, 0.29) is 18.2 Å². The molecule has 0 radical (unpaired) electrons. The largest absolute Gasteiger partial charge is 0.497 e. The highest BCUT2D eigenvalue weighted by Crippen LogP contribution is 2.18. The quantitative estimate of drug-likeness (QED) is 0.744. The van der Waals surface area contributed by atoms with Gasteiger partial charge in [0.25, 0.3) is 0 Å². The van der Waals surface area contributed by atoms with Crippen molar-refractivity contribution in [2.75, 3.05) is 33.8 Å². The number of methoxy groups -OCH3 is 1. The second kappa shape index (κ2) is 10.1. The number of piperazine rings is 1. The highest BCUT2D eigenvalue weighted by molar-refractivity contribution is 5.88. The first-order valence-corrected chi connectivity index (χ1v) is 9.99. The van der Waals surface area contributed by atoms with Crippen LogP contribution in [0.5, 0.6) is 5.75 Å². The molecule has 0 bridgehead atoms. The predicted octanol–water partition coefficient (Wildman–Crippen LogP) is 2.09. The van der Waals surface area contributed by atoms with Gasteiger partial charge in [-0.25, -0.2) is 0 Å². The SMILES string of the molecule is COc1cccc(CN2CCNC(=O)C2CC(=O)N(C)CCc2ccccc2)c1. The Labute approximate surface area is 172 Å². The van der Waals surface area contributed by atoms with E-state index >= 15 is 0 Å². The van der Waals surface area contributed by atoms with Gasteiger partial charge >= 0.3 is 0 Å². The lowest BCUT2D eigenvalue weighted by Gasteiger charge is -2.35. The van der Waals surface area contributed by atoms with E-state index < -0.39 is 6.04 Å². The van der Waals surface area contributed by atoms with Crippen LogP contribution in [0.3, 0.4) is 0 Å². The van der Waals surface area contributed by atoms with Gasteiger partial charge in [0.2, 0.25) is 11.8 Å². The van der Waals surface area contributed by atoms with Crippen LogP contribution in [0, 0.1) is 0 Å². The first-order valence-electron chi connectivity index (χ1n) is 9.99. The molecule has 6 heteroatoms. The van der Waals surface area contributed by atoms with Crippen LogP contribution in [0.25, 0.3) is 0 Å². The zero-order valence-corrected chi connectivity index (χ0v) is 17.1. The van der Waals surface area contributed by atoms with E-state index in [4.69, 9.17) is 4.74 Å². The van der Waals surface area contributed by atoms with Gasteiger partial charge in [0.1, 0.15) is 5.75 Å². The molecule has 154 valence electrons. The summed E-state index contributed by atoms with van der Waals surface area (Å²) in [4.78, 5) is 29.1. The highest BCUT2D eigenvalue weighted by atomic mass is 16.5.